The number of halogens is 1. The molecule has 3 rings (SSSR count). The molecular formula is C18H22FN3. The summed E-state index contributed by atoms with van der Waals surface area (Å²) >= 11 is 0. The van der Waals surface area contributed by atoms with Crippen molar-refractivity contribution in [2.75, 3.05) is 26.2 Å². The first kappa shape index (κ1) is 15.1. The number of nitrogens with zero attached hydrogens (tertiary/aromatic N) is 2. The number of hydrogen-bond donors (Lipinski definition) is 1. The van der Waals surface area contributed by atoms with Crippen LogP contribution < -0.4 is 5.32 Å². The van der Waals surface area contributed by atoms with Crippen LogP contribution in [0, 0.1) is 5.82 Å². The summed E-state index contributed by atoms with van der Waals surface area (Å²) in [4.78, 5) is 7.13. The molecule has 0 aliphatic carbocycles. The summed E-state index contributed by atoms with van der Waals surface area (Å²) in [5.74, 6) is -0.215. The maximum atomic E-state index is 13.0. The fraction of sp³-hybridized carbons (Fsp3) is 0.389. The standard InChI is InChI=1S/C18H22FN3/c1-18(2,22-11-9-20-10-12-22)17-8-5-15(13-21-17)14-3-6-16(19)7-4-14/h3-8,13,20H,9-12H2,1-2H3. The molecule has 1 aromatic heterocycles. The van der Waals surface area contributed by atoms with Crippen molar-refractivity contribution in [3.8, 4) is 11.1 Å². The molecule has 1 aromatic carbocycles. The smallest absolute Gasteiger partial charge is 0.123 e. The Hall–Kier alpha value is -1.78. The lowest BCUT2D eigenvalue weighted by atomic mass is 9.95. The number of aromatic nitrogens is 1. The summed E-state index contributed by atoms with van der Waals surface area (Å²) in [7, 11) is 0. The third-order valence-corrected chi connectivity index (χ3v) is 4.48. The summed E-state index contributed by atoms with van der Waals surface area (Å²) in [5.41, 5.74) is 2.99. The molecule has 0 unspecified atom stereocenters. The van der Waals surface area contributed by atoms with Crippen LogP contribution in [0.4, 0.5) is 4.39 Å². The molecule has 0 spiro atoms. The molecule has 0 saturated carbocycles. The lowest BCUT2D eigenvalue weighted by Crippen LogP contribution is -2.52. The molecule has 1 aliphatic heterocycles. The summed E-state index contributed by atoms with van der Waals surface area (Å²) in [6, 6.07) is 10.7. The molecule has 0 radical (unpaired) electrons. The van der Waals surface area contributed by atoms with E-state index in [1.54, 1.807) is 12.1 Å². The highest BCUT2D eigenvalue weighted by Gasteiger charge is 2.30. The molecule has 3 nitrogen and oxygen atoms in total. The second-order valence-electron chi connectivity index (χ2n) is 6.24. The maximum Gasteiger partial charge on any atom is 0.123 e. The van der Waals surface area contributed by atoms with Crippen LogP contribution in [0.5, 0.6) is 0 Å². The van der Waals surface area contributed by atoms with Gasteiger partial charge in [-0.3, -0.25) is 9.88 Å². The van der Waals surface area contributed by atoms with Gasteiger partial charge in [-0.2, -0.15) is 0 Å². The zero-order chi connectivity index (χ0) is 15.6. The van der Waals surface area contributed by atoms with Crippen molar-refractivity contribution in [1.29, 1.82) is 0 Å². The Balaban J connectivity index is 1.82. The number of rotatable bonds is 3. The zero-order valence-corrected chi connectivity index (χ0v) is 13.1. The molecule has 116 valence electrons. The van der Waals surface area contributed by atoms with Gasteiger partial charge in [-0.15, -0.1) is 0 Å². The molecule has 22 heavy (non-hydrogen) atoms. The average Bonchev–Trinajstić information content (AvgIpc) is 2.56. The van der Waals surface area contributed by atoms with E-state index >= 15 is 0 Å². The van der Waals surface area contributed by atoms with E-state index in [0.29, 0.717) is 0 Å². The zero-order valence-electron chi connectivity index (χ0n) is 13.1. The lowest BCUT2D eigenvalue weighted by Gasteiger charge is -2.40. The maximum absolute atomic E-state index is 13.0. The van der Waals surface area contributed by atoms with Gasteiger partial charge in [0.05, 0.1) is 11.2 Å². The van der Waals surface area contributed by atoms with Crippen molar-refractivity contribution in [3.63, 3.8) is 0 Å². The predicted octanol–water partition coefficient (Wildman–Crippen LogP) is 3.03. The molecule has 1 saturated heterocycles. The van der Waals surface area contributed by atoms with Crippen LogP contribution in [0.25, 0.3) is 11.1 Å². The molecule has 2 heterocycles. The van der Waals surface area contributed by atoms with E-state index in [0.717, 1.165) is 43.0 Å². The topological polar surface area (TPSA) is 28.2 Å². The highest BCUT2D eigenvalue weighted by molar-refractivity contribution is 5.62. The molecule has 1 aliphatic rings. The van der Waals surface area contributed by atoms with Crippen LogP contribution in [0.3, 0.4) is 0 Å². The lowest BCUT2D eigenvalue weighted by molar-refractivity contribution is 0.0988. The minimum absolute atomic E-state index is 0.0799. The highest BCUT2D eigenvalue weighted by Crippen LogP contribution is 2.28. The van der Waals surface area contributed by atoms with E-state index in [-0.39, 0.29) is 11.4 Å². The normalized spacial score (nSPS) is 16.7. The van der Waals surface area contributed by atoms with Crippen molar-refractivity contribution in [1.82, 2.24) is 15.2 Å². The first-order chi connectivity index (χ1) is 10.6. The van der Waals surface area contributed by atoms with Crippen molar-refractivity contribution >= 4 is 0 Å². The van der Waals surface area contributed by atoms with E-state index in [4.69, 9.17) is 0 Å². The van der Waals surface area contributed by atoms with Crippen LogP contribution in [0.15, 0.2) is 42.6 Å². The summed E-state index contributed by atoms with van der Waals surface area (Å²) in [6.45, 7) is 8.56. The van der Waals surface area contributed by atoms with E-state index in [2.05, 4.69) is 41.2 Å². The number of nitrogens with one attached hydrogen (secondary N) is 1. The van der Waals surface area contributed by atoms with E-state index < -0.39 is 0 Å². The number of benzene rings is 1. The van der Waals surface area contributed by atoms with Gasteiger partial charge < -0.3 is 5.32 Å². The summed E-state index contributed by atoms with van der Waals surface area (Å²) in [5, 5.41) is 3.38. The van der Waals surface area contributed by atoms with Gasteiger partial charge in [-0.1, -0.05) is 18.2 Å². The van der Waals surface area contributed by atoms with Gasteiger partial charge in [0.1, 0.15) is 5.82 Å². The van der Waals surface area contributed by atoms with Crippen LogP contribution >= 0.6 is 0 Å². The molecular weight excluding hydrogens is 277 g/mol. The third kappa shape index (κ3) is 3.03. The van der Waals surface area contributed by atoms with Crippen LogP contribution in [-0.4, -0.2) is 36.1 Å². The SMILES string of the molecule is CC(C)(c1ccc(-c2ccc(F)cc2)cn1)N1CCNCC1. The van der Waals surface area contributed by atoms with Crippen molar-refractivity contribution in [2.24, 2.45) is 0 Å². The second kappa shape index (κ2) is 6.15. The van der Waals surface area contributed by atoms with Crippen molar-refractivity contribution in [3.05, 3.63) is 54.1 Å². The average molecular weight is 299 g/mol. The molecule has 1 N–H and O–H groups in total. The minimum Gasteiger partial charge on any atom is -0.314 e. The Labute approximate surface area is 131 Å². The fourth-order valence-corrected chi connectivity index (χ4v) is 2.95. The monoisotopic (exact) mass is 299 g/mol. The highest BCUT2D eigenvalue weighted by atomic mass is 19.1. The van der Waals surface area contributed by atoms with E-state index in [1.807, 2.05) is 6.20 Å². The minimum atomic E-state index is -0.215. The van der Waals surface area contributed by atoms with Gasteiger partial charge in [0.2, 0.25) is 0 Å². The van der Waals surface area contributed by atoms with Gasteiger partial charge >= 0.3 is 0 Å². The van der Waals surface area contributed by atoms with Crippen LogP contribution in [-0.2, 0) is 5.54 Å². The second-order valence-corrected chi connectivity index (χ2v) is 6.24. The van der Waals surface area contributed by atoms with Gasteiger partial charge in [-0.25, -0.2) is 4.39 Å². The molecule has 0 amide bonds. The van der Waals surface area contributed by atoms with E-state index in [1.165, 1.54) is 12.1 Å². The Morgan fingerprint density at radius 3 is 2.23 bits per heavy atom. The largest absolute Gasteiger partial charge is 0.314 e. The number of hydrogen-bond acceptors (Lipinski definition) is 3. The summed E-state index contributed by atoms with van der Waals surface area (Å²) in [6.07, 6.45) is 1.88. The fourth-order valence-electron chi connectivity index (χ4n) is 2.95. The van der Waals surface area contributed by atoms with Gasteiger partial charge in [-0.05, 0) is 37.6 Å². The summed E-state index contributed by atoms with van der Waals surface area (Å²) < 4.78 is 13.0. The number of piperazine rings is 1. The molecule has 2 aromatic rings. The molecule has 1 fully saturated rings. The Morgan fingerprint density at radius 2 is 1.64 bits per heavy atom. The van der Waals surface area contributed by atoms with Crippen LogP contribution in [0.2, 0.25) is 0 Å². The Morgan fingerprint density at radius 1 is 1.00 bits per heavy atom. The van der Waals surface area contributed by atoms with Crippen molar-refractivity contribution in [2.45, 2.75) is 19.4 Å². The number of pyridine rings is 1. The van der Waals surface area contributed by atoms with Gasteiger partial charge in [0, 0.05) is 37.9 Å². The van der Waals surface area contributed by atoms with E-state index in [9.17, 15) is 4.39 Å². The van der Waals surface area contributed by atoms with Crippen LogP contribution in [0.1, 0.15) is 19.5 Å². The van der Waals surface area contributed by atoms with Gasteiger partial charge in [0.15, 0.2) is 0 Å². The Bertz CT molecular complexity index is 614. The van der Waals surface area contributed by atoms with Gasteiger partial charge in [0.25, 0.3) is 0 Å². The van der Waals surface area contributed by atoms with Crippen molar-refractivity contribution < 1.29 is 4.39 Å². The Kier molecular flexibility index (Phi) is 4.23. The quantitative estimate of drug-likeness (QED) is 0.944. The third-order valence-electron chi connectivity index (χ3n) is 4.48. The molecule has 0 bridgehead atoms. The first-order valence-corrected chi connectivity index (χ1v) is 7.75. The predicted molar refractivity (Wildman–Crippen MR) is 87.1 cm³/mol. The molecule has 0 atom stereocenters. The first-order valence-electron chi connectivity index (χ1n) is 7.75. The molecule has 4 heteroatoms.